The number of nitrogens with two attached hydrogens (primary N) is 1. The Labute approximate surface area is 230 Å². The Bertz CT molecular complexity index is 1780. The molecule has 0 aliphatic rings. The summed E-state index contributed by atoms with van der Waals surface area (Å²) in [6.07, 6.45) is 1.87. The zero-order valence-electron chi connectivity index (χ0n) is 22.4. The number of rotatable bonds is 8. The summed E-state index contributed by atoms with van der Waals surface area (Å²) in [7, 11) is 1.92. The lowest BCUT2D eigenvalue weighted by Crippen LogP contribution is -2.54. The van der Waals surface area contributed by atoms with Gasteiger partial charge in [0.2, 0.25) is 0 Å². The number of carbonyl (C=O) groups is 1. The molecular weight excluding hydrogens is 510 g/mol. The number of aromatic hydroxyl groups is 2. The highest BCUT2D eigenvalue weighted by molar-refractivity contribution is 5.83. The van der Waals surface area contributed by atoms with E-state index in [1.807, 2.05) is 55.9 Å². The predicted octanol–water partition coefficient (Wildman–Crippen LogP) is 3.75. The molecular formula is C30H31N5O5. The van der Waals surface area contributed by atoms with Gasteiger partial charge in [-0.2, -0.15) is 0 Å². The Balaban J connectivity index is 1.71. The molecule has 5 N–H and O–H groups in total. The third kappa shape index (κ3) is 4.73. The summed E-state index contributed by atoms with van der Waals surface area (Å²) < 4.78 is 4.31. The van der Waals surface area contributed by atoms with Gasteiger partial charge in [-0.1, -0.05) is 44.2 Å². The Kier molecular flexibility index (Phi) is 6.72. The van der Waals surface area contributed by atoms with Crippen LogP contribution in [0.15, 0.2) is 77.7 Å². The van der Waals surface area contributed by atoms with Crippen molar-refractivity contribution in [2.45, 2.75) is 38.3 Å². The van der Waals surface area contributed by atoms with Crippen LogP contribution in [0.1, 0.15) is 30.9 Å². The molecule has 5 aromatic rings. The maximum Gasteiger partial charge on any atom is 0.350 e. The molecule has 1 atom stereocenters. The minimum atomic E-state index is -1.84. The number of carboxylic acid groups (broad SMARTS) is 1. The van der Waals surface area contributed by atoms with E-state index in [4.69, 9.17) is 5.73 Å². The van der Waals surface area contributed by atoms with Gasteiger partial charge in [-0.25, -0.2) is 14.0 Å². The van der Waals surface area contributed by atoms with E-state index in [0.29, 0.717) is 16.8 Å². The zero-order chi connectivity index (χ0) is 28.8. The van der Waals surface area contributed by atoms with Crippen LogP contribution in [0, 0.1) is 0 Å². The van der Waals surface area contributed by atoms with Crippen LogP contribution >= 0.6 is 0 Å². The first-order valence-corrected chi connectivity index (χ1v) is 12.9. The minimum absolute atomic E-state index is 0.0320. The molecule has 5 rings (SSSR count). The first-order chi connectivity index (χ1) is 19.0. The Hall–Kier alpha value is -4.83. The second-order valence-electron chi connectivity index (χ2n) is 10.5. The van der Waals surface area contributed by atoms with Gasteiger partial charge < -0.3 is 25.6 Å². The monoisotopic (exact) mass is 541 g/mol. The summed E-state index contributed by atoms with van der Waals surface area (Å²) >= 11 is 0. The number of hydrogen-bond acceptors (Lipinski definition) is 6. The molecule has 0 saturated carbocycles. The summed E-state index contributed by atoms with van der Waals surface area (Å²) in [6.45, 7) is 3.37. The normalized spacial score (nSPS) is 13.1. The zero-order valence-corrected chi connectivity index (χ0v) is 22.4. The number of phenolic OH excluding ortho intramolecular Hbond substituents is 2. The molecule has 0 aliphatic carbocycles. The summed E-state index contributed by atoms with van der Waals surface area (Å²) in [5.74, 6) is -1.63. The average Bonchev–Trinajstić information content (AvgIpc) is 3.43. The van der Waals surface area contributed by atoms with Crippen molar-refractivity contribution in [3.05, 3.63) is 94.5 Å². The Morgan fingerprint density at radius 3 is 2.42 bits per heavy atom. The molecule has 0 aliphatic heterocycles. The minimum Gasteiger partial charge on any atom is -0.508 e. The topological polar surface area (TPSA) is 149 Å². The van der Waals surface area contributed by atoms with E-state index in [-0.39, 0.29) is 35.2 Å². The number of aliphatic carboxylic acids is 1. The SMILES string of the molecule is CC(C)c1cc(-c2nn(CC(N)(Cc3ccccc3)C(=O)O)c(=O)n2-c2ccc3c(ccn3C)c2)c(O)cc1O. The van der Waals surface area contributed by atoms with E-state index in [1.54, 1.807) is 36.4 Å². The van der Waals surface area contributed by atoms with Gasteiger partial charge in [-0.15, -0.1) is 5.10 Å². The maximum absolute atomic E-state index is 13.9. The fourth-order valence-corrected chi connectivity index (χ4v) is 4.99. The van der Waals surface area contributed by atoms with Crippen LogP contribution in [0.5, 0.6) is 11.5 Å². The van der Waals surface area contributed by atoms with E-state index in [0.717, 1.165) is 15.6 Å². The molecule has 10 nitrogen and oxygen atoms in total. The van der Waals surface area contributed by atoms with Crippen LogP contribution in [-0.2, 0) is 24.8 Å². The molecule has 206 valence electrons. The second kappa shape index (κ2) is 10.0. The predicted molar refractivity (Wildman–Crippen MR) is 152 cm³/mol. The van der Waals surface area contributed by atoms with E-state index >= 15 is 0 Å². The number of fused-ring (bicyclic) bond motifs is 1. The number of hydrogen-bond donors (Lipinski definition) is 4. The van der Waals surface area contributed by atoms with Crippen LogP contribution in [0.3, 0.4) is 0 Å². The van der Waals surface area contributed by atoms with Gasteiger partial charge in [-0.05, 0) is 47.4 Å². The van der Waals surface area contributed by atoms with Gasteiger partial charge in [0.1, 0.15) is 17.0 Å². The number of aryl methyl sites for hydroxylation is 1. The van der Waals surface area contributed by atoms with E-state index in [9.17, 15) is 24.9 Å². The highest BCUT2D eigenvalue weighted by atomic mass is 16.4. The lowest BCUT2D eigenvalue weighted by atomic mass is 9.92. The lowest BCUT2D eigenvalue weighted by Gasteiger charge is -2.24. The van der Waals surface area contributed by atoms with Gasteiger partial charge >= 0.3 is 11.7 Å². The second-order valence-corrected chi connectivity index (χ2v) is 10.5. The molecule has 0 bridgehead atoms. The molecule has 1 unspecified atom stereocenters. The fraction of sp³-hybridized carbons (Fsp3) is 0.233. The van der Waals surface area contributed by atoms with Crippen molar-refractivity contribution >= 4 is 16.9 Å². The molecule has 0 amide bonds. The summed E-state index contributed by atoms with van der Waals surface area (Å²) in [5, 5.41) is 36.8. The largest absolute Gasteiger partial charge is 0.508 e. The van der Waals surface area contributed by atoms with Gasteiger partial charge in [0.25, 0.3) is 0 Å². The fourth-order valence-electron chi connectivity index (χ4n) is 4.99. The van der Waals surface area contributed by atoms with Crippen molar-refractivity contribution in [2.75, 3.05) is 0 Å². The maximum atomic E-state index is 13.9. The van der Waals surface area contributed by atoms with Crippen molar-refractivity contribution in [2.24, 2.45) is 12.8 Å². The van der Waals surface area contributed by atoms with E-state index < -0.39 is 23.7 Å². The van der Waals surface area contributed by atoms with Crippen molar-refractivity contribution in [3.63, 3.8) is 0 Å². The number of phenols is 2. The molecule has 2 aromatic heterocycles. The Morgan fingerprint density at radius 2 is 1.75 bits per heavy atom. The lowest BCUT2D eigenvalue weighted by molar-refractivity contribution is -0.144. The quantitative estimate of drug-likeness (QED) is 0.234. The van der Waals surface area contributed by atoms with Gasteiger partial charge in [-0.3, -0.25) is 4.79 Å². The van der Waals surface area contributed by atoms with Crippen LogP contribution in [0.25, 0.3) is 28.0 Å². The molecule has 10 heteroatoms. The van der Waals surface area contributed by atoms with Crippen LogP contribution in [0.4, 0.5) is 0 Å². The van der Waals surface area contributed by atoms with Gasteiger partial charge in [0, 0.05) is 36.6 Å². The number of aromatic nitrogens is 4. The first-order valence-electron chi connectivity index (χ1n) is 12.9. The highest BCUT2D eigenvalue weighted by Crippen LogP contribution is 2.37. The van der Waals surface area contributed by atoms with Crippen molar-refractivity contribution in [1.29, 1.82) is 0 Å². The van der Waals surface area contributed by atoms with Crippen molar-refractivity contribution in [1.82, 2.24) is 18.9 Å². The van der Waals surface area contributed by atoms with Gasteiger partial charge in [0.15, 0.2) is 5.82 Å². The van der Waals surface area contributed by atoms with Crippen LogP contribution in [0.2, 0.25) is 0 Å². The highest BCUT2D eigenvalue weighted by Gasteiger charge is 2.37. The van der Waals surface area contributed by atoms with Crippen molar-refractivity contribution < 1.29 is 20.1 Å². The van der Waals surface area contributed by atoms with Crippen molar-refractivity contribution in [3.8, 4) is 28.6 Å². The van der Waals surface area contributed by atoms with Crippen LogP contribution < -0.4 is 11.4 Å². The summed E-state index contributed by atoms with van der Waals surface area (Å²) in [4.78, 5) is 26.3. The molecule has 0 radical (unpaired) electrons. The summed E-state index contributed by atoms with van der Waals surface area (Å²) in [5.41, 5.74) is 6.85. The standard InChI is InChI=1S/C30H31N5O5/c1-18(2)22-14-23(26(37)15-25(22)36)27-32-34(17-30(31,28(38)39)16-19-7-5-4-6-8-19)29(40)35(27)21-9-10-24-20(13-21)11-12-33(24)3/h4-15,18,36-37H,16-17,31H2,1-3H3,(H,38,39). The smallest absolute Gasteiger partial charge is 0.350 e. The molecule has 0 spiro atoms. The van der Waals surface area contributed by atoms with E-state index in [2.05, 4.69) is 5.10 Å². The summed E-state index contributed by atoms with van der Waals surface area (Å²) in [6, 6.07) is 19.1. The molecule has 2 heterocycles. The average molecular weight is 542 g/mol. The third-order valence-corrected chi connectivity index (χ3v) is 7.19. The molecule has 3 aromatic carbocycles. The van der Waals surface area contributed by atoms with Crippen LogP contribution in [-0.4, -0.2) is 45.7 Å². The molecule has 40 heavy (non-hydrogen) atoms. The number of nitrogens with zero attached hydrogens (tertiary/aromatic N) is 4. The molecule has 0 saturated heterocycles. The van der Waals surface area contributed by atoms with E-state index in [1.165, 1.54) is 10.6 Å². The number of benzene rings is 3. The third-order valence-electron chi connectivity index (χ3n) is 7.19. The Morgan fingerprint density at radius 1 is 1.02 bits per heavy atom. The van der Waals surface area contributed by atoms with Gasteiger partial charge in [0.05, 0.1) is 17.8 Å². The number of carboxylic acids is 1. The first kappa shape index (κ1) is 26.8. The molecule has 0 fully saturated rings.